The SMILES string of the molecule is CN=C(NCc1cccc(C(=O)NC)c1)NC(C)CCC(C)C. The Balaban J connectivity index is 2.53. The first-order valence-corrected chi connectivity index (χ1v) is 8.24. The van der Waals surface area contributed by atoms with E-state index in [1.807, 2.05) is 24.3 Å². The van der Waals surface area contributed by atoms with Crippen molar-refractivity contribution in [3.05, 3.63) is 35.4 Å². The third-order valence-electron chi connectivity index (χ3n) is 3.66. The lowest BCUT2D eigenvalue weighted by atomic mass is 10.0. The van der Waals surface area contributed by atoms with Crippen molar-refractivity contribution in [1.29, 1.82) is 0 Å². The Hall–Kier alpha value is -2.04. The summed E-state index contributed by atoms with van der Waals surface area (Å²) < 4.78 is 0. The maximum absolute atomic E-state index is 11.7. The average molecular weight is 318 g/mol. The molecule has 1 unspecified atom stereocenters. The number of benzene rings is 1. The second-order valence-electron chi connectivity index (χ2n) is 6.22. The summed E-state index contributed by atoms with van der Waals surface area (Å²) in [6, 6.07) is 7.96. The molecule has 1 amide bonds. The van der Waals surface area contributed by atoms with E-state index < -0.39 is 0 Å². The van der Waals surface area contributed by atoms with Crippen molar-refractivity contribution in [1.82, 2.24) is 16.0 Å². The highest BCUT2D eigenvalue weighted by Crippen LogP contribution is 2.07. The number of hydrogen-bond acceptors (Lipinski definition) is 2. The van der Waals surface area contributed by atoms with Gasteiger partial charge in [0.05, 0.1) is 0 Å². The molecule has 1 atom stereocenters. The van der Waals surface area contributed by atoms with Crippen LogP contribution < -0.4 is 16.0 Å². The smallest absolute Gasteiger partial charge is 0.251 e. The summed E-state index contributed by atoms with van der Waals surface area (Å²) in [5.74, 6) is 1.42. The Morgan fingerprint density at radius 2 is 1.96 bits per heavy atom. The summed E-state index contributed by atoms with van der Waals surface area (Å²) in [5, 5.41) is 9.33. The van der Waals surface area contributed by atoms with Gasteiger partial charge in [-0.05, 0) is 43.4 Å². The van der Waals surface area contributed by atoms with Gasteiger partial charge in [0.2, 0.25) is 0 Å². The number of carbonyl (C=O) groups is 1. The largest absolute Gasteiger partial charge is 0.355 e. The Kier molecular flexibility index (Phi) is 8.16. The average Bonchev–Trinajstić information content (AvgIpc) is 2.56. The van der Waals surface area contributed by atoms with Gasteiger partial charge in [0, 0.05) is 32.2 Å². The fourth-order valence-corrected chi connectivity index (χ4v) is 2.24. The van der Waals surface area contributed by atoms with Gasteiger partial charge in [-0.25, -0.2) is 0 Å². The highest BCUT2D eigenvalue weighted by Gasteiger charge is 2.07. The molecule has 0 saturated carbocycles. The zero-order chi connectivity index (χ0) is 17.2. The lowest BCUT2D eigenvalue weighted by Gasteiger charge is -2.19. The van der Waals surface area contributed by atoms with Gasteiger partial charge in [-0.3, -0.25) is 9.79 Å². The van der Waals surface area contributed by atoms with Crippen LogP contribution in [-0.4, -0.2) is 32.0 Å². The van der Waals surface area contributed by atoms with Crippen LogP contribution in [0.5, 0.6) is 0 Å². The van der Waals surface area contributed by atoms with Gasteiger partial charge in [-0.1, -0.05) is 26.0 Å². The van der Waals surface area contributed by atoms with Gasteiger partial charge in [0.25, 0.3) is 5.91 Å². The van der Waals surface area contributed by atoms with Crippen LogP contribution in [0.2, 0.25) is 0 Å². The van der Waals surface area contributed by atoms with Crippen LogP contribution in [0.4, 0.5) is 0 Å². The molecular formula is C18H30N4O. The summed E-state index contributed by atoms with van der Waals surface area (Å²) in [6.07, 6.45) is 2.31. The van der Waals surface area contributed by atoms with Crippen molar-refractivity contribution < 1.29 is 4.79 Å². The van der Waals surface area contributed by atoms with Crippen LogP contribution in [0.1, 0.15) is 49.5 Å². The van der Waals surface area contributed by atoms with Crippen LogP contribution >= 0.6 is 0 Å². The molecule has 0 radical (unpaired) electrons. The third kappa shape index (κ3) is 7.17. The molecule has 0 heterocycles. The summed E-state index contributed by atoms with van der Waals surface area (Å²) in [6.45, 7) is 7.27. The predicted octanol–water partition coefficient (Wildman–Crippen LogP) is 2.54. The first kappa shape index (κ1) is 19.0. The molecule has 0 aliphatic rings. The molecule has 0 spiro atoms. The monoisotopic (exact) mass is 318 g/mol. The number of guanidine groups is 1. The van der Waals surface area contributed by atoms with Gasteiger partial charge < -0.3 is 16.0 Å². The van der Waals surface area contributed by atoms with E-state index in [2.05, 4.69) is 41.7 Å². The lowest BCUT2D eigenvalue weighted by Crippen LogP contribution is -2.41. The molecule has 23 heavy (non-hydrogen) atoms. The number of aliphatic imine (C=N–C) groups is 1. The summed E-state index contributed by atoms with van der Waals surface area (Å²) >= 11 is 0. The van der Waals surface area contributed by atoms with E-state index in [0.29, 0.717) is 24.1 Å². The topological polar surface area (TPSA) is 65.5 Å². The molecule has 0 aliphatic heterocycles. The van der Waals surface area contributed by atoms with Crippen LogP contribution in [-0.2, 0) is 6.54 Å². The first-order valence-electron chi connectivity index (χ1n) is 8.24. The standard InChI is InChI=1S/C18H30N4O/c1-13(2)9-10-14(3)22-18(20-5)21-12-15-7-6-8-16(11-15)17(23)19-4/h6-8,11,13-14H,9-10,12H2,1-5H3,(H,19,23)(H2,20,21,22). The molecule has 1 rings (SSSR count). The minimum Gasteiger partial charge on any atom is -0.355 e. The maximum atomic E-state index is 11.7. The molecule has 0 fully saturated rings. The molecule has 0 aliphatic carbocycles. The van der Waals surface area contributed by atoms with Crippen molar-refractivity contribution >= 4 is 11.9 Å². The molecule has 0 saturated heterocycles. The minimum atomic E-state index is -0.0725. The highest BCUT2D eigenvalue weighted by atomic mass is 16.1. The van der Waals surface area contributed by atoms with Gasteiger partial charge in [-0.2, -0.15) is 0 Å². The molecule has 5 nitrogen and oxygen atoms in total. The number of amides is 1. The minimum absolute atomic E-state index is 0.0725. The fourth-order valence-electron chi connectivity index (χ4n) is 2.24. The van der Waals surface area contributed by atoms with Crippen LogP contribution in [0, 0.1) is 5.92 Å². The molecule has 0 aromatic heterocycles. The lowest BCUT2D eigenvalue weighted by molar-refractivity contribution is 0.0963. The molecule has 5 heteroatoms. The van der Waals surface area contributed by atoms with E-state index in [0.717, 1.165) is 17.9 Å². The zero-order valence-corrected chi connectivity index (χ0v) is 14.9. The van der Waals surface area contributed by atoms with Crippen molar-refractivity contribution in [3.63, 3.8) is 0 Å². The fraction of sp³-hybridized carbons (Fsp3) is 0.556. The van der Waals surface area contributed by atoms with Gasteiger partial charge in [-0.15, -0.1) is 0 Å². The number of nitrogens with one attached hydrogen (secondary N) is 3. The van der Waals surface area contributed by atoms with Crippen molar-refractivity contribution in [3.8, 4) is 0 Å². The quantitative estimate of drug-likeness (QED) is 0.535. The predicted molar refractivity (Wildman–Crippen MR) is 96.7 cm³/mol. The third-order valence-corrected chi connectivity index (χ3v) is 3.66. The van der Waals surface area contributed by atoms with Gasteiger partial charge >= 0.3 is 0 Å². The molecule has 1 aromatic carbocycles. The van der Waals surface area contributed by atoms with Crippen molar-refractivity contribution in [2.24, 2.45) is 10.9 Å². The van der Waals surface area contributed by atoms with Crippen LogP contribution in [0.15, 0.2) is 29.3 Å². The van der Waals surface area contributed by atoms with Crippen molar-refractivity contribution in [2.75, 3.05) is 14.1 Å². The normalized spacial score (nSPS) is 12.9. The number of rotatable bonds is 7. The maximum Gasteiger partial charge on any atom is 0.251 e. The van der Waals surface area contributed by atoms with Gasteiger partial charge in [0.1, 0.15) is 0 Å². The molecule has 128 valence electrons. The van der Waals surface area contributed by atoms with E-state index in [1.54, 1.807) is 14.1 Å². The van der Waals surface area contributed by atoms with Crippen LogP contribution in [0.3, 0.4) is 0 Å². The van der Waals surface area contributed by atoms with E-state index in [4.69, 9.17) is 0 Å². The second kappa shape index (κ2) is 9.87. The first-order chi connectivity index (χ1) is 11.0. The Morgan fingerprint density at radius 1 is 1.22 bits per heavy atom. The van der Waals surface area contributed by atoms with E-state index in [9.17, 15) is 4.79 Å². The number of nitrogens with zero attached hydrogens (tertiary/aromatic N) is 1. The Labute approximate surface area is 140 Å². The summed E-state index contributed by atoms with van der Waals surface area (Å²) in [5.41, 5.74) is 1.71. The van der Waals surface area contributed by atoms with Crippen LogP contribution in [0.25, 0.3) is 0 Å². The summed E-state index contributed by atoms with van der Waals surface area (Å²) in [4.78, 5) is 15.9. The number of hydrogen-bond donors (Lipinski definition) is 3. The van der Waals surface area contributed by atoms with E-state index >= 15 is 0 Å². The second-order valence-corrected chi connectivity index (χ2v) is 6.22. The van der Waals surface area contributed by atoms with Gasteiger partial charge in [0.15, 0.2) is 5.96 Å². The number of carbonyl (C=O) groups excluding carboxylic acids is 1. The Morgan fingerprint density at radius 3 is 2.57 bits per heavy atom. The molecule has 3 N–H and O–H groups in total. The molecule has 0 bridgehead atoms. The zero-order valence-electron chi connectivity index (χ0n) is 14.9. The molecular weight excluding hydrogens is 288 g/mol. The molecule has 1 aromatic rings. The summed E-state index contributed by atoms with van der Waals surface area (Å²) in [7, 11) is 3.41. The highest BCUT2D eigenvalue weighted by molar-refractivity contribution is 5.94. The van der Waals surface area contributed by atoms with E-state index in [-0.39, 0.29) is 5.91 Å². The van der Waals surface area contributed by atoms with E-state index in [1.165, 1.54) is 6.42 Å². The van der Waals surface area contributed by atoms with Crippen molar-refractivity contribution in [2.45, 2.75) is 46.2 Å². The Bertz CT molecular complexity index is 526.